The number of aromatic nitrogens is 2. The fourth-order valence-electron chi connectivity index (χ4n) is 0.773. The molecule has 0 aliphatic heterocycles. The van der Waals surface area contributed by atoms with Gasteiger partial charge in [-0.15, -0.1) is 10.2 Å². The SMILES string of the molecule is CC(C)OC(=O)Nc1nnc(SCC(=O)O)s1. The van der Waals surface area contributed by atoms with Gasteiger partial charge < -0.3 is 9.84 Å². The van der Waals surface area contributed by atoms with Crippen LogP contribution >= 0.6 is 23.1 Å². The van der Waals surface area contributed by atoms with Crippen molar-refractivity contribution in [3.8, 4) is 0 Å². The van der Waals surface area contributed by atoms with Crippen molar-refractivity contribution < 1.29 is 19.4 Å². The Labute approximate surface area is 106 Å². The molecular formula is C8H11N3O4S2. The standard InChI is InChI=1S/C8H11N3O4S2/c1-4(2)15-7(14)9-6-10-11-8(17-6)16-3-5(12)13/h4H,3H2,1-2H3,(H,12,13)(H,9,10,14). The maximum absolute atomic E-state index is 11.2. The number of carboxylic acid groups (broad SMARTS) is 1. The lowest BCUT2D eigenvalue weighted by Crippen LogP contribution is -2.17. The second kappa shape index (κ2) is 6.40. The molecule has 0 bridgehead atoms. The molecule has 0 fully saturated rings. The van der Waals surface area contributed by atoms with Crippen molar-refractivity contribution in [1.29, 1.82) is 0 Å². The zero-order valence-electron chi connectivity index (χ0n) is 9.17. The summed E-state index contributed by atoms with van der Waals surface area (Å²) in [5.41, 5.74) is 0. The van der Waals surface area contributed by atoms with Gasteiger partial charge in [-0.2, -0.15) is 0 Å². The quantitative estimate of drug-likeness (QED) is 0.623. The van der Waals surface area contributed by atoms with Gasteiger partial charge in [0, 0.05) is 0 Å². The van der Waals surface area contributed by atoms with Crippen molar-refractivity contribution in [2.75, 3.05) is 11.1 Å². The van der Waals surface area contributed by atoms with E-state index in [1.54, 1.807) is 13.8 Å². The van der Waals surface area contributed by atoms with Crippen LogP contribution in [0.25, 0.3) is 0 Å². The number of anilines is 1. The lowest BCUT2D eigenvalue weighted by atomic mass is 10.5. The van der Waals surface area contributed by atoms with Crippen LogP contribution in [0.3, 0.4) is 0 Å². The van der Waals surface area contributed by atoms with Crippen LogP contribution in [-0.4, -0.2) is 39.2 Å². The van der Waals surface area contributed by atoms with Crippen molar-refractivity contribution in [1.82, 2.24) is 10.2 Å². The summed E-state index contributed by atoms with van der Waals surface area (Å²) in [6.07, 6.45) is -0.824. The minimum Gasteiger partial charge on any atom is -0.481 e. The molecule has 1 aromatic heterocycles. The Morgan fingerprint density at radius 1 is 1.53 bits per heavy atom. The third kappa shape index (κ3) is 5.50. The molecule has 1 rings (SSSR count). The summed E-state index contributed by atoms with van der Waals surface area (Å²) in [6.45, 7) is 3.46. The van der Waals surface area contributed by atoms with Crippen LogP contribution in [0.5, 0.6) is 0 Å². The number of ether oxygens (including phenoxy) is 1. The van der Waals surface area contributed by atoms with Crippen molar-refractivity contribution in [3.63, 3.8) is 0 Å². The molecule has 7 nitrogen and oxygen atoms in total. The van der Waals surface area contributed by atoms with E-state index < -0.39 is 12.1 Å². The molecule has 0 radical (unpaired) electrons. The second-order valence-corrected chi connectivity index (χ2v) is 5.33. The van der Waals surface area contributed by atoms with Gasteiger partial charge in [0.05, 0.1) is 11.9 Å². The topological polar surface area (TPSA) is 101 Å². The lowest BCUT2D eigenvalue weighted by molar-refractivity contribution is -0.133. The van der Waals surface area contributed by atoms with Crippen molar-refractivity contribution >= 4 is 40.3 Å². The molecule has 1 heterocycles. The van der Waals surface area contributed by atoms with E-state index in [2.05, 4.69) is 15.5 Å². The van der Waals surface area contributed by atoms with Gasteiger partial charge in [-0.05, 0) is 13.8 Å². The van der Waals surface area contributed by atoms with E-state index in [4.69, 9.17) is 9.84 Å². The summed E-state index contributed by atoms with van der Waals surface area (Å²) >= 11 is 2.14. The van der Waals surface area contributed by atoms with Crippen molar-refractivity contribution in [2.24, 2.45) is 0 Å². The van der Waals surface area contributed by atoms with Crippen LogP contribution < -0.4 is 5.32 Å². The van der Waals surface area contributed by atoms with E-state index in [-0.39, 0.29) is 17.0 Å². The predicted molar refractivity (Wildman–Crippen MR) is 63.5 cm³/mol. The fourth-order valence-corrected chi connectivity index (χ4v) is 2.23. The number of nitrogens with zero attached hydrogens (tertiary/aromatic N) is 2. The van der Waals surface area contributed by atoms with Gasteiger partial charge in [-0.3, -0.25) is 10.1 Å². The van der Waals surface area contributed by atoms with Crippen molar-refractivity contribution in [2.45, 2.75) is 24.3 Å². The number of thioether (sulfide) groups is 1. The van der Waals surface area contributed by atoms with Crippen LogP contribution in [-0.2, 0) is 9.53 Å². The van der Waals surface area contributed by atoms with E-state index in [0.717, 1.165) is 23.1 Å². The monoisotopic (exact) mass is 277 g/mol. The molecule has 0 saturated heterocycles. The van der Waals surface area contributed by atoms with Crippen LogP contribution in [0.1, 0.15) is 13.8 Å². The Bertz CT molecular complexity index is 407. The maximum Gasteiger partial charge on any atom is 0.413 e. The molecule has 2 N–H and O–H groups in total. The molecule has 0 aliphatic carbocycles. The van der Waals surface area contributed by atoms with Crippen molar-refractivity contribution in [3.05, 3.63) is 0 Å². The van der Waals surface area contributed by atoms with E-state index in [0.29, 0.717) is 4.34 Å². The van der Waals surface area contributed by atoms with Crippen LogP contribution in [0, 0.1) is 0 Å². The summed E-state index contributed by atoms with van der Waals surface area (Å²) in [7, 11) is 0. The van der Waals surface area contributed by atoms with E-state index in [1.165, 1.54) is 0 Å². The normalized spacial score (nSPS) is 10.3. The molecule has 0 saturated carbocycles. The molecule has 0 aromatic carbocycles. The largest absolute Gasteiger partial charge is 0.481 e. The number of amides is 1. The Morgan fingerprint density at radius 3 is 2.82 bits per heavy atom. The Hall–Kier alpha value is -1.35. The van der Waals surface area contributed by atoms with E-state index >= 15 is 0 Å². The molecule has 94 valence electrons. The van der Waals surface area contributed by atoms with Crippen LogP contribution in [0.2, 0.25) is 0 Å². The van der Waals surface area contributed by atoms with Gasteiger partial charge in [0.2, 0.25) is 5.13 Å². The van der Waals surface area contributed by atoms with Crippen LogP contribution in [0.4, 0.5) is 9.93 Å². The predicted octanol–water partition coefficient (Wildman–Crippen LogP) is 1.67. The zero-order valence-corrected chi connectivity index (χ0v) is 10.8. The minimum atomic E-state index is -0.932. The molecule has 1 aromatic rings. The second-order valence-electron chi connectivity index (χ2n) is 3.13. The van der Waals surface area contributed by atoms with Crippen LogP contribution in [0.15, 0.2) is 4.34 Å². The maximum atomic E-state index is 11.2. The molecule has 9 heteroatoms. The molecule has 1 amide bonds. The first kappa shape index (κ1) is 13.7. The van der Waals surface area contributed by atoms with E-state index in [9.17, 15) is 9.59 Å². The minimum absolute atomic E-state index is 0.0922. The average molecular weight is 277 g/mol. The Balaban J connectivity index is 2.45. The molecule has 0 atom stereocenters. The number of carbonyl (C=O) groups excluding carboxylic acids is 1. The molecule has 0 unspecified atom stereocenters. The highest BCUT2D eigenvalue weighted by molar-refractivity contribution is 8.01. The van der Waals surface area contributed by atoms with Gasteiger partial charge in [0.25, 0.3) is 0 Å². The highest BCUT2D eigenvalue weighted by Gasteiger charge is 2.11. The van der Waals surface area contributed by atoms with Gasteiger partial charge in [0.1, 0.15) is 0 Å². The number of hydrogen-bond donors (Lipinski definition) is 2. The first-order valence-electron chi connectivity index (χ1n) is 4.63. The number of hydrogen-bond acceptors (Lipinski definition) is 7. The summed E-state index contributed by atoms with van der Waals surface area (Å²) < 4.78 is 5.33. The molecular weight excluding hydrogens is 266 g/mol. The highest BCUT2D eigenvalue weighted by Crippen LogP contribution is 2.25. The number of aliphatic carboxylic acids is 1. The number of rotatable bonds is 5. The lowest BCUT2D eigenvalue weighted by Gasteiger charge is -2.06. The van der Waals surface area contributed by atoms with Gasteiger partial charge in [-0.25, -0.2) is 4.79 Å². The Kier molecular flexibility index (Phi) is 5.16. The smallest absolute Gasteiger partial charge is 0.413 e. The third-order valence-corrected chi connectivity index (χ3v) is 3.23. The first-order chi connectivity index (χ1) is 7.97. The summed E-state index contributed by atoms with van der Waals surface area (Å²) in [6, 6.07) is 0. The number of carbonyl (C=O) groups is 2. The molecule has 0 spiro atoms. The average Bonchev–Trinajstić information content (AvgIpc) is 2.61. The fraction of sp³-hybridized carbons (Fsp3) is 0.500. The molecule has 17 heavy (non-hydrogen) atoms. The van der Waals surface area contributed by atoms with Gasteiger partial charge in [0.15, 0.2) is 4.34 Å². The van der Waals surface area contributed by atoms with Gasteiger partial charge >= 0.3 is 12.1 Å². The first-order valence-corrected chi connectivity index (χ1v) is 6.43. The summed E-state index contributed by atoms with van der Waals surface area (Å²) in [4.78, 5) is 21.5. The summed E-state index contributed by atoms with van der Waals surface area (Å²) in [5, 5.41) is 18.6. The molecule has 0 aliphatic rings. The Morgan fingerprint density at radius 2 is 2.24 bits per heavy atom. The summed E-state index contributed by atoms with van der Waals surface area (Å²) in [5.74, 6) is -1.02. The highest BCUT2D eigenvalue weighted by atomic mass is 32.2. The zero-order chi connectivity index (χ0) is 12.8. The van der Waals surface area contributed by atoms with Gasteiger partial charge in [-0.1, -0.05) is 23.1 Å². The van der Waals surface area contributed by atoms with E-state index in [1.807, 2.05) is 0 Å². The number of nitrogens with one attached hydrogen (secondary N) is 1. The third-order valence-electron chi connectivity index (χ3n) is 1.28. The number of carboxylic acids is 1.